The summed E-state index contributed by atoms with van der Waals surface area (Å²) in [5.41, 5.74) is 0.354. The minimum absolute atomic E-state index is 0.0228. The Hall–Kier alpha value is -2.88. The minimum atomic E-state index is -0.565. The van der Waals surface area contributed by atoms with Crippen LogP contribution in [0.25, 0.3) is 0 Å². The largest absolute Gasteiger partial charge is 0.442 e. The molecule has 3 fully saturated rings. The topological polar surface area (TPSA) is 91.4 Å². The van der Waals surface area contributed by atoms with Crippen LogP contribution in [-0.2, 0) is 19.1 Å². The number of morpholine rings is 1. The van der Waals surface area contributed by atoms with Crippen molar-refractivity contribution in [2.75, 3.05) is 55.7 Å². The Bertz CT molecular complexity index is 908. The van der Waals surface area contributed by atoms with Crippen LogP contribution in [0, 0.1) is 5.82 Å². The predicted molar refractivity (Wildman–Crippen MR) is 115 cm³/mol. The number of nitrogens with one attached hydrogen (secondary N) is 1. The average Bonchev–Trinajstić information content (AvgIpc) is 3.13. The number of ether oxygens (including phenoxy) is 2. The second-order valence-electron chi connectivity index (χ2n) is 8.69. The maximum absolute atomic E-state index is 15.1. The van der Waals surface area contributed by atoms with Gasteiger partial charge < -0.3 is 24.6 Å². The molecule has 0 aliphatic carbocycles. The van der Waals surface area contributed by atoms with Crippen molar-refractivity contribution < 1.29 is 28.2 Å². The number of hydrogen-bond acceptors (Lipinski definition) is 6. The molecule has 0 bridgehead atoms. The highest BCUT2D eigenvalue weighted by Crippen LogP contribution is 2.34. The SMILES string of the molecule is CC(=O)NC[C@H]1CN(c2ccc(N3CCOC4(CCCN(C(C)=O)C4)C3)c(F)c2)C(=O)O1. The normalized spacial score (nSPS) is 25.8. The predicted octanol–water partition coefficient (Wildman–Crippen LogP) is 1.50. The molecule has 1 spiro atoms. The van der Waals surface area contributed by atoms with Gasteiger partial charge >= 0.3 is 6.09 Å². The first-order valence-corrected chi connectivity index (χ1v) is 10.9. The Labute approximate surface area is 186 Å². The van der Waals surface area contributed by atoms with E-state index in [9.17, 15) is 14.4 Å². The molecule has 1 aromatic rings. The fourth-order valence-corrected chi connectivity index (χ4v) is 4.68. The van der Waals surface area contributed by atoms with E-state index in [2.05, 4.69) is 5.32 Å². The van der Waals surface area contributed by atoms with Crippen LogP contribution in [0.15, 0.2) is 18.2 Å². The molecular weight excluding hydrogens is 419 g/mol. The van der Waals surface area contributed by atoms with Crippen LogP contribution in [0.1, 0.15) is 26.7 Å². The summed E-state index contributed by atoms with van der Waals surface area (Å²) < 4.78 is 26.5. The van der Waals surface area contributed by atoms with E-state index in [1.165, 1.54) is 17.9 Å². The number of rotatable bonds is 4. The first-order chi connectivity index (χ1) is 15.3. The van der Waals surface area contributed by atoms with Crippen LogP contribution in [0.3, 0.4) is 0 Å². The van der Waals surface area contributed by atoms with Gasteiger partial charge in [-0.3, -0.25) is 14.5 Å². The molecular formula is C22H29FN4O5. The van der Waals surface area contributed by atoms with Crippen molar-refractivity contribution in [3.8, 4) is 0 Å². The van der Waals surface area contributed by atoms with Crippen LogP contribution < -0.4 is 15.1 Å². The van der Waals surface area contributed by atoms with Crippen molar-refractivity contribution in [3.63, 3.8) is 0 Å². The molecule has 32 heavy (non-hydrogen) atoms. The fraction of sp³-hybridized carbons (Fsp3) is 0.591. The van der Waals surface area contributed by atoms with E-state index in [0.717, 1.165) is 19.4 Å². The zero-order valence-corrected chi connectivity index (χ0v) is 18.4. The number of nitrogens with zero attached hydrogens (tertiary/aromatic N) is 3. The Balaban J connectivity index is 1.46. The van der Waals surface area contributed by atoms with E-state index in [-0.39, 0.29) is 24.9 Å². The van der Waals surface area contributed by atoms with Crippen molar-refractivity contribution in [2.45, 2.75) is 38.4 Å². The highest BCUT2D eigenvalue weighted by molar-refractivity contribution is 5.90. The van der Waals surface area contributed by atoms with Crippen molar-refractivity contribution in [3.05, 3.63) is 24.0 Å². The number of cyclic esters (lactones) is 1. The van der Waals surface area contributed by atoms with Gasteiger partial charge in [0.25, 0.3) is 0 Å². The number of likely N-dealkylation sites (tertiary alicyclic amines) is 1. The number of amides is 3. The number of hydrogen-bond donors (Lipinski definition) is 1. The molecule has 174 valence electrons. The minimum Gasteiger partial charge on any atom is -0.442 e. The number of carbonyl (C=O) groups excluding carboxylic acids is 3. The molecule has 3 heterocycles. The molecule has 0 radical (unpaired) electrons. The number of piperidine rings is 1. The lowest BCUT2D eigenvalue weighted by Crippen LogP contribution is -2.60. The van der Waals surface area contributed by atoms with Gasteiger partial charge in [0.05, 0.1) is 37.6 Å². The maximum Gasteiger partial charge on any atom is 0.414 e. The molecule has 2 atom stereocenters. The van der Waals surface area contributed by atoms with Crippen LogP contribution in [0.5, 0.6) is 0 Å². The van der Waals surface area contributed by atoms with E-state index in [4.69, 9.17) is 9.47 Å². The van der Waals surface area contributed by atoms with E-state index in [1.807, 2.05) is 4.90 Å². The smallest absolute Gasteiger partial charge is 0.414 e. The number of halogens is 1. The van der Waals surface area contributed by atoms with Crippen molar-refractivity contribution in [1.82, 2.24) is 10.2 Å². The molecule has 1 aromatic carbocycles. The lowest BCUT2D eigenvalue weighted by atomic mass is 9.90. The molecule has 10 heteroatoms. The van der Waals surface area contributed by atoms with Crippen molar-refractivity contribution in [1.29, 1.82) is 0 Å². The highest BCUT2D eigenvalue weighted by Gasteiger charge is 2.42. The Morgan fingerprint density at radius 1 is 1.25 bits per heavy atom. The summed E-state index contributed by atoms with van der Waals surface area (Å²) in [4.78, 5) is 40.3. The molecule has 3 amide bonds. The van der Waals surface area contributed by atoms with Gasteiger partial charge in [-0.2, -0.15) is 0 Å². The van der Waals surface area contributed by atoms with Gasteiger partial charge in [0.15, 0.2) is 0 Å². The zero-order valence-electron chi connectivity index (χ0n) is 18.4. The molecule has 0 saturated carbocycles. The summed E-state index contributed by atoms with van der Waals surface area (Å²) >= 11 is 0. The van der Waals surface area contributed by atoms with Crippen molar-refractivity contribution >= 4 is 29.3 Å². The van der Waals surface area contributed by atoms with Crippen molar-refractivity contribution in [2.24, 2.45) is 0 Å². The van der Waals surface area contributed by atoms with Gasteiger partial charge in [0, 0.05) is 33.5 Å². The second kappa shape index (κ2) is 8.93. The molecule has 3 aliphatic rings. The van der Waals surface area contributed by atoms with Gasteiger partial charge in [0.1, 0.15) is 17.5 Å². The molecule has 1 unspecified atom stereocenters. The molecule has 4 rings (SSSR count). The van der Waals surface area contributed by atoms with E-state index < -0.39 is 23.6 Å². The lowest BCUT2D eigenvalue weighted by Gasteiger charge is -2.48. The first kappa shape index (κ1) is 22.3. The van der Waals surface area contributed by atoms with Crippen LogP contribution in [0.2, 0.25) is 0 Å². The first-order valence-electron chi connectivity index (χ1n) is 10.9. The summed E-state index contributed by atoms with van der Waals surface area (Å²) in [6.07, 6.45) is 0.626. The Morgan fingerprint density at radius 3 is 2.78 bits per heavy atom. The molecule has 3 saturated heterocycles. The third-order valence-electron chi connectivity index (χ3n) is 6.27. The molecule has 9 nitrogen and oxygen atoms in total. The van der Waals surface area contributed by atoms with Gasteiger partial charge in [-0.1, -0.05) is 0 Å². The monoisotopic (exact) mass is 448 g/mol. The maximum atomic E-state index is 15.1. The fourth-order valence-electron chi connectivity index (χ4n) is 4.68. The van der Waals surface area contributed by atoms with Gasteiger partial charge in [-0.15, -0.1) is 0 Å². The Kier molecular flexibility index (Phi) is 6.23. The second-order valence-corrected chi connectivity index (χ2v) is 8.69. The molecule has 3 aliphatic heterocycles. The summed E-state index contributed by atoms with van der Waals surface area (Å²) in [6, 6.07) is 4.71. The standard InChI is InChI=1S/C22H29FN4O5/c1-15(28)24-11-18-12-27(21(30)32-18)17-4-5-20(19(23)10-17)26-8-9-31-22(14-26)6-3-7-25(13-22)16(2)29/h4-5,10,18H,3,6-9,11-14H2,1-2H3,(H,24,28)/t18-,22?/m0/s1. The summed E-state index contributed by atoms with van der Waals surface area (Å²) in [5.74, 6) is -0.617. The summed E-state index contributed by atoms with van der Waals surface area (Å²) in [6.45, 7) is 6.12. The van der Waals surface area contributed by atoms with Gasteiger partial charge in [-0.25, -0.2) is 9.18 Å². The van der Waals surface area contributed by atoms with E-state index in [0.29, 0.717) is 37.6 Å². The molecule has 0 aromatic heterocycles. The average molecular weight is 448 g/mol. The lowest BCUT2D eigenvalue weighted by molar-refractivity contribution is -0.142. The van der Waals surface area contributed by atoms with E-state index in [1.54, 1.807) is 24.0 Å². The number of anilines is 2. The third kappa shape index (κ3) is 4.64. The van der Waals surface area contributed by atoms with Gasteiger partial charge in [0.2, 0.25) is 11.8 Å². The number of carbonyl (C=O) groups is 3. The third-order valence-corrected chi connectivity index (χ3v) is 6.27. The zero-order chi connectivity index (χ0) is 22.9. The summed E-state index contributed by atoms with van der Waals surface area (Å²) in [7, 11) is 0. The van der Waals surface area contributed by atoms with Crippen LogP contribution >= 0.6 is 0 Å². The van der Waals surface area contributed by atoms with Gasteiger partial charge in [-0.05, 0) is 31.0 Å². The Morgan fingerprint density at radius 2 is 2.06 bits per heavy atom. The van der Waals surface area contributed by atoms with E-state index >= 15 is 4.39 Å². The quantitative estimate of drug-likeness (QED) is 0.751. The number of benzene rings is 1. The molecule has 1 N–H and O–H groups in total. The highest BCUT2D eigenvalue weighted by atomic mass is 19.1. The summed E-state index contributed by atoms with van der Waals surface area (Å²) in [5, 5.41) is 2.62. The van der Waals surface area contributed by atoms with Crippen LogP contribution in [0.4, 0.5) is 20.6 Å². The van der Waals surface area contributed by atoms with Crippen LogP contribution in [-0.4, -0.2) is 80.4 Å².